The second-order valence-corrected chi connectivity index (χ2v) is 7.67. The van der Waals surface area contributed by atoms with E-state index < -0.39 is 17.0 Å². The van der Waals surface area contributed by atoms with Crippen molar-refractivity contribution in [2.75, 3.05) is 7.11 Å². The van der Waals surface area contributed by atoms with Crippen LogP contribution in [0.15, 0.2) is 53.5 Å². The number of aliphatic imine (C=N–C) groups is 1. The predicted octanol–water partition coefficient (Wildman–Crippen LogP) is 4.00. The van der Waals surface area contributed by atoms with E-state index in [4.69, 9.17) is 9.47 Å². The smallest absolute Gasteiger partial charge is 0.361 e. The van der Waals surface area contributed by atoms with E-state index in [2.05, 4.69) is 4.99 Å². The van der Waals surface area contributed by atoms with Crippen molar-refractivity contribution in [2.45, 2.75) is 38.7 Å². The molecule has 5 heteroatoms. The van der Waals surface area contributed by atoms with E-state index in [9.17, 15) is 9.59 Å². The van der Waals surface area contributed by atoms with Crippen LogP contribution in [-0.2, 0) is 19.7 Å². The van der Waals surface area contributed by atoms with Crippen molar-refractivity contribution >= 4 is 23.2 Å². The first-order valence-electron chi connectivity index (χ1n) is 8.77. The number of carbonyl (C=O) groups is 2. The molecule has 27 heavy (non-hydrogen) atoms. The number of methoxy groups -OCH3 is 1. The van der Waals surface area contributed by atoms with Gasteiger partial charge in [-0.05, 0) is 57.0 Å². The Labute approximate surface area is 159 Å². The van der Waals surface area contributed by atoms with Gasteiger partial charge in [-0.15, -0.1) is 0 Å². The molecule has 5 nitrogen and oxygen atoms in total. The van der Waals surface area contributed by atoms with E-state index in [-0.39, 0.29) is 11.5 Å². The minimum atomic E-state index is -1.07. The van der Waals surface area contributed by atoms with Gasteiger partial charge < -0.3 is 9.47 Å². The monoisotopic (exact) mass is 365 g/mol. The number of benzene rings is 2. The number of ketones is 1. The Bertz CT molecular complexity index is 925. The number of carbonyl (C=O) groups excluding carboxylic acids is 2. The number of hydrogen-bond donors (Lipinski definition) is 0. The molecule has 3 rings (SSSR count). The van der Waals surface area contributed by atoms with E-state index in [1.165, 1.54) is 0 Å². The van der Waals surface area contributed by atoms with Gasteiger partial charge in [0.05, 0.1) is 18.2 Å². The van der Waals surface area contributed by atoms with Gasteiger partial charge in [0.2, 0.25) is 5.78 Å². The molecule has 0 amide bonds. The van der Waals surface area contributed by atoms with Gasteiger partial charge >= 0.3 is 5.97 Å². The number of Topliss-reactive ketones (excluding diaryl/α,β-unsaturated/α-hetero) is 1. The zero-order valence-corrected chi connectivity index (χ0v) is 16.2. The van der Waals surface area contributed by atoms with Crippen LogP contribution in [0.4, 0.5) is 5.69 Å². The van der Waals surface area contributed by atoms with E-state index in [1.807, 2.05) is 37.3 Å². The summed E-state index contributed by atoms with van der Waals surface area (Å²) in [6, 6.07) is 14.7. The van der Waals surface area contributed by atoms with Crippen molar-refractivity contribution in [1.29, 1.82) is 0 Å². The molecule has 0 N–H and O–H groups in total. The summed E-state index contributed by atoms with van der Waals surface area (Å²) in [5.74, 6) is -0.473. The van der Waals surface area contributed by atoms with Crippen molar-refractivity contribution in [3.63, 3.8) is 0 Å². The quantitative estimate of drug-likeness (QED) is 0.771. The number of rotatable bonds is 3. The highest BCUT2D eigenvalue weighted by molar-refractivity contribution is 6.67. The average Bonchev–Trinajstić information content (AvgIpc) is 2.63. The molecule has 0 spiro atoms. The average molecular weight is 365 g/mol. The molecule has 1 heterocycles. The fourth-order valence-corrected chi connectivity index (χ4v) is 3.19. The fraction of sp³-hybridized carbons (Fsp3) is 0.318. The summed E-state index contributed by atoms with van der Waals surface area (Å²) >= 11 is 0. The normalized spacial score (nSPS) is 19.1. The maximum Gasteiger partial charge on any atom is 0.361 e. The molecule has 1 aliphatic rings. The van der Waals surface area contributed by atoms with Crippen molar-refractivity contribution in [2.24, 2.45) is 4.99 Å². The zero-order valence-electron chi connectivity index (χ0n) is 16.2. The number of nitrogens with zero attached hydrogens (tertiary/aromatic N) is 1. The second-order valence-electron chi connectivity index (χ2n) is 7.67. The van der Waals surface area contributed by atoms with Crippen LogP contribution in [0.5, 0.6) is 5.75 Å². The first-order valence-corrected chi connectivity index (χ1v) is 8.77. The summed E-state index contributed by atoms with van der Waals surface area (Å²) in [5, 5.41) is 0. The molecule has 1 unspecified atom stereocenters. The van der Waals surface area contributed by atoms with Gasteiger partial charge in [0.15, 0.2) is 5.71 Å². The van der Waals surface area contributed by atoms with Crippen LogP contribution in [-0.4, -0.2) is 30.2 Å². The first kappa shape index (κ1) is 18.8. The van der Waals surface area contributed by atoms with Crippen LogP contribution in [0.25, 0.3) is 0 Å². The standard InChI is InChI=1S/C22H23NO4/c1-21(2,3)27-20(25)18-19(24)22(4,14-9-7-6-8-10-14)16-13-15(26-5)11-12-17(16)23-18/h6-13H,1-5H3. The molecule has 0 saturated carbocycles. The predicted molar refractivity (Wildman–Crippen MR) is 104 cm³/mol. The summed E-state index contributed by atoms with van der Waals surface area (Å²) in [7, 11) is 1.57. The highest BCUT2D eigenvalue weighted by Crippen LogP contribution is 2.43. The molecule has 0 saturated heterocycles. The second kappa shape index (κ2) is 6.65. The number of ether oxygens (including phenoxy) is 2. The summed E-state index contributed by atoms with van der Waals surface area (Å²) in [5.41, 5.74) is 0.0601. The van der Waals surface area contributed by atoms with Crippen LogP contribution in [0, 0.1) is 0 Å². The third-order valence-corrected chi connectivity index (χ3v) is 4.59. The Hall–Kier alpha value is -2.95. The van der Waals surface area contributed by atoms with Crippen molar-refractivity contribution < 1.29 is 19.1 Å². The molecule has 140 valence electrons. The van der Waals surface area contributed by atoms with Crippen molar-refractivity contribution in [3.8, 4) is 5.75 Å². The SMILES string of the molecule is COc1ccc2c(c1)C(C)(c1ccccc1)C(=O)C(C(=O)OC(C)(C)C)=N2. The maximum atomic E-state index is 13.5. The van der Waals surface area contributed by atoms with Crippen molar-refractivity contribution in [3.05, 3.63) is 59.7 Å². The minimum absolute atomic E-state index is 0.186. The lowest BCUT2D eigenvalue weighted by atomic mass is 9.69. The lowest BCUT2D eigenvalue weighted by Crippen LogP contribution is -2.46. The van der Waals surface area contributed by atoms with Gasteiger partial charge in [-0.25, -0.2) is 9.79 Å². The lowest BCUT2D eigenvalue weighted by Gasteiger charge is -2.34. The lowest BCUT2D eigenvalue weighted by molar-refractivity contribution is -0.146. The van der Waals surface area contributed by atoms with E-state index in [0.717, 1.165) is 5.56 Å². The van der Waals surface area contributed by atoms with E-state index in [0.29, 0.717) is 17.0 Å². The zero-order chi connectivity index (χ0) is 19.8. The van der Waals surface area contributed by atoms with Gasteiger partial charge in [-0.1, -0.05) is 30.3 Å². The summed E-state index contributed by atoms with van der Waals surface area (Å²) in [6.07, 6.45) is 0. The number of esters is 1. The van der Waals surface area contributed by atoms with Gasteiger partial charge in [0, 0.05) is 0 Å². The Morgan fingerprint density at radius 1 is 1.07 bits per heavy atom. The Kier molecular flexibility index (Phi) is 4.64. The van der Waals surface area contributed by atoms with Crippen LogP contribution in [0.3, 0.4) is 0 Å². The molecular formula is C22H23NO4. The highest BCUT2D eigenvalue weighted by Gasteiger charge is 2.47. The topological polar surface area (TPSA) is 65.0 Å². The first-order chi connectivity index (χ1) is 12.7. The molecule has 0 fully saturated rings. The van der Waals surface area contributed by atoms with Gasteiger partial charge in [0.1, 0.15) is 11.4 Å². The summed E-state index contributed by atoms with van der Waals surface area (Å²) in [4.78, 5) is 30.5. The maximum absolute atomic E-state index is 13.5. The van der Waals surface area contributed by atoms with Gasteiger partial charge in [-0.2, -0.15) is 0 Å². The molecular weight excluding hydrogens is 342 g/mol. The highest BCUT2D eigenvalue weighted by atomic mass is 16.6. The third kappa shape index (κ3) is 3.37. The van der Waals surface area contributed by atoms with Crippen molar-refractivity contribution in [1.82, 2.24) is 0 Å². The minimum Gasteiger partial charge on any atom is -0.497 e. The Morgan fingerprint density at radius 2 is 1.74 bits per heavy atom. The molecule has 0 aromatic heterocycles. The molecule has 2 aromatic carbocycles. The van der Waals surface area contributed by atoms with E-state index >= 15 is 0 Å². The molecule has 0 bridgehead atoms. The molecule has 2 aromatic rings. The molecule has 0 radical (unpaired) electrons. The summed E-state index contributed by atoms with van der Waals surface area (Å²) in [6.45, 7) is 7.08. The molecule has 0 aliphatic carbocycles. The summed E-state index contributed by atoms with van der Waals surface area (Å²) < 4.78 is 10.8. The number of hydrogen-bond acceptors (Lipinski definition) is 5. The van der Waals surface area contributed by atoms with E-state index in [1.54, 1.807) is 46.1 Å². The number of fused-ring (bicyclic) bond motifs is 1. The molecule has 1 aliphatic heterocycles. The van der Waals surface area contributed by atoms with Crippen LogP contribution >= 0.6 is 0 Å². The fourth-order valence-electron chi connectivity index (χ4n) is 3.19. The largest absolute Gasteiger partial charge is 0.497 e. The van der Waals surface area contributed by atoms with Gasteiger partial charge in [-0.3, -0.25) is 4.79 Å². The van der Waals surface area contributed by atoms with Crippen LogP contribution < -0.4 is 4.74 Å². The van der Waals surface area contributed by atoms with Gasteiger partial charge in [0.25, 0.3) is 0 Å². The third-order valence-electron chi connectivity index (χ3n) is 4.59. The van der Waals surface area contributed by atoms with Crippen LogP contribution in [0.1, 0.15) is 38.8 Å². The van der Waals surface area contributed by atoms with Crippen LogP contribution in [0.2, 0.25) is 0 Å². The Balaban J connectivity index is 2.22. The molecule has 1 atom stereocenters. The Morgan fingerprint density at radius 3 is 2.33 bits per heavy atom.